The van der Waals surface area contributed by atoms with Gasteiger partial charge in [0.25, 0.3) is 0 Å². The fourth-order valence-electron chi connectivity index (χ4n) is 8.70. The van der Waals surface area contributed by atoms with Crippen molar-refractivity contribution in [3.63, 3.8) is 0 Å². The molecule has 6 nitrogen and oxygen atoms in total. The maximum Gasteiger partial charge on any atom is 0.312 e. The largest absolute Gasteiger partial charge is 0.454 e. The number of hydrogen-bond acceptors (Lipinski definition) is 6. The topological polar surface area (TPSA) is 82.1 Å². The molecule has 0 aromatic carbocycles. The molecular weight excluding hydrogens is 456 g/mol. The highest BCUT2D eigenvalue weighted by atomic mass is 16.7. The van der Waals surface area contributed by atoms with Crippen molar-refractivity contribution in [1.29, 1.82) is 0 Å². The van der Waals surface area contributed by atoms with Crippen LogP contribution < -0.4 is 0 Å². The van der Waals surface area contributed by atoms with Crippen molar-refractivity contribution < 1.29 is 28.9 Å². The van der Waals surface area contributed by atoms with E-state index in [4.69, 9.17) is 14.2 Å². The summed E-state index contributed by atoms with van der Waals surface area (Å²) in [4.78, 5) is 28.2. The molecule has 1 spiro atoms. The van der Waals surface area contributed by atoms with Crippen LogP contribution in [-0.2, 0) is 23.8 Å². The van der Waals surface area contributed by atoms with Gasteiger partial charge in [-0.25, -0.2) is 0 Å². The van der Waals surface area contributed by atoms with Gasteiger partial charge in [-0.15, -0.1) is 0 Å². The van der Waals surface area contributed by atoms with Crippen LogP contribution in [0.25, 0.3) is 0 Å². The lowest BCUT2D eigenvalue weighted by Gasteiger charge is -2.51. The van der Waals surface area contributed by atoms with Crippen LogP contribution >= 0.6 is 0 Å². The molecule has 1 aliphatic heterocycles. The zero-order chi connectivity index (χ0) is 25.9. The number of Topliss-reactive ketones (excluding diaryl/α,β-unsaturated/α-hetero) is 1. The lowest BCUT2D eigenvalue weighted by atomic mass is 9.63. The van der Waals surface area contributed by atoms with E-state index in [1.165, 1.54) is 0 Å². The Bertz CT molecular complexity index is 1060. The second kappa shape index (κ2) is 7.54. The van der Waals surface area contributed by atoms with Crippen molar-refractivity contribution in [1.82, 2.24) is 0 Å². The molecule has 0 aromatic heterocycles. The third kappa shape index (κ3) is 3.13. The van der Waals surface area contributed by atoms with E-state index in [9.17, 15) is 14.7 Å². The van der Waals surface area contributed by atoms with Crippen LogP contribution in [0.1, 0.15) is 86.5 Å². The van der Waals surface area contributed by atoms with E-state index in [0.29, 0.717) is 12.3 Å². The summed E-state index contributed by atoms with van der Waals surface area (Å²) in [6.07, 6.45) is 8.37. The number of fused-ring (bicyclic) bond motifs is 5. The molecule has 1 N–H and O–H groups in total. The summed E-state index contributed by atoms with van der Waals surface area (Å²) in [5, 5.41) is 12.9. The van der Waals surface area contributed by atoms with Crippen molar-refractivity contribution in [2.24, 2.45) is 34.0 Å². The predicted octanol–water partition coefficient (Wildman–Crippen LogP) is 4.89. The highest BCUT2D eigenvalue weighted by molar-refractivity contribution is 5.95. The van der Waals surface area contributed by atoms with E-state index in [2.05, 4.69) is 13.8 Å². The van der Waals surface area contributed by atoms with Crippen molar-refractivity contribution in [3.05, 3.63) is 23.3 Å². The number of allylic oxidation sites excluding steroid dienone is 1. The molecular formula is C30H42O6. The Hall–Kier alpha value is -1.50. The van der Waals surface area contributed by atoms with Crippen LogP contribution in [0.5, 0.6) is 0 Å². The minimum absolute atomic E-state index is 0.0492. The first-order valence-corrected chi connectivity index (χ1v) is 14.0. The lowest BCUT2D eigenvalue weighted by Crippen LogP contribution is -2.67. The highest BCUT2D eigenvalue weighted by Gasteiger charge is 2.75. The Balaban J connectivity index is 1.46. The summed E-state index contributed by atoms with van der Waals surface area (Å²) >= 11 is 0. The Labute approximate surface area is 214 Å². The monoisotopic (exact) mass is 498 g/mol. The molecule has 0 unspecified atom stereocenters. The van der Waals surface area contributed by atoms with Crippen LogP contribution in [0.4, 0.5) is 0 Å². The number of ketones is 1. The summed E-state index contributed by atoms with van der Waals surface area (Å²) in [6, 6.07) is 0. The van der Waals surface area contributed by atoms with Gasteiger partial charge in [0.05, 0.1) is 17.4 Å². The molecule has 6 rings (SSSR count). The average Bonchev–Trinajstić information content (AvgIpc) is 3.34. The van der Waals surface area contributed by atoms with Gasteiger partial charge >= 0.3 is 5.97 Å². The summed E-state index contributed by atoms with van der Waals surface area (Å²) < 4.78 is 18.8. The second-order valence-electron chi connectivity index (χ2n) is 13.9. The van der Waals surface area contributed by atoms with E-state index in [1.54, 1.807) is 0 Å². The Morgan fingerprint density at radius 1 is 1.08 bits per heavy atom. The minimum atomic E-state index is -1.71. The van der Waals surface area contributed by atoms with E-state index in [0.717, 1.165) is 49.7 Å². The first kappa shape index (κ1) is 24.8. The van der Waals surface area contributed by atoms with Gasteiger partial charge in [0.15, 0.2) is 23.3 Å². The minimum Gasteiger partial charge on any atom is -0.454 e. The third-order valence-corrected chi connectivity index (χ3v) is 10.9. The van der Waals surface area contributed by atoms with Gasteiger partial charge in [0.1, 0.15) is 6.10 Å². The van der Waals surface area contributed by atoms with E-state index < -0.39 is 34.4 Å². The summed E-state index contributed by atoms with van der Waals surface area (Å²) in [6.45, 7) is 12.3. The molecule has 36 heavy (non-hydrogen) atoms. The van der Waals surface area contributed by atoms with Crippen LogP contribution in [0.15, 0.2) is 23.3 Å². The van der Waals surface area contributed by atoms with Gasteiger partial charge in [-0.2, -0.15) is 0 Å². The van der Waals surface area contributed by atoms with Gasteiger partial charge < -0.3 is 19.3 Å². The van der Waals surface area contributed by atoms with Crippen molar-refractivity contribution in [3.8, 4) is 0 Å². The number of rotatable bonds is 2. The maximum atomic E-state index is 14.5. The molecule has 198 valence electrons. The molecule has 4 fully saturated rings. The first-order valence-electron chi connectivity index (χ1n) is 14.0. The number of esters is 1. The zero-order valence-electron chi connectivity index (χ0n) is 22.7. The SMILES string of the molecule is CC1=C[C@@]23CC[C@@H]4[C@H]([C@H](C=C5COC(C)(C)O[C@H]5[C@]2(O)[C@H]1OC(=O)C1(C)CCCCC1)C3=O)C4(C)C. The van der Waals surface area contributed by atoms with Crippen LogP contribution in [0.3, 0.4) is 0 Å². The molecule has 0 radical (unpaired) electrons. The zero-order valence-corrected chi connectivity index (χ0v) is 22.7. The Morgan fingerprint density at radius 2 is 1.78 bits per heavy atom. The van der Waals surface area contributed by atoms with E-state index in [-0.39, 0.29) is 35.6 Å². The lowest BCUT2D eigenvalue weighted by molar-refractivity contribution is -0.302. The number of aliphatic hydroxyl groups is 1. The van der Waals surface area contributed by atoms with Gasteiger partial charge in [-0.05, 0) is 81.8 Å². The van der Waals surface area contributed by atoms with E-state index in [1.807, 2.05) is 39.8 Å². The molecule has 6 aliphatic rings. The summed E-state index contributed by atoms with van der Waals surface area (Å²) in [5.74, 6) is -0.783. The number of ether oxygens (including phenoxy) is 3. The van der Waals surface area contributed by atoms with Gasteiger partial charge in [0, 0.05) is 5.92 Å². The van der Waals surface area contributed by atoms with Gasteiger partial charge in [0.2, 0.25) is 0 Å². The fraction of sp³-hybridized carbons (Fsp3) is 0.800. The molecule has 1 saturated heterocycles. The Kier molecular flexibility index (Phi) is 5.20. The third-order valence-electron chi connectivity index (χ3n) is 10.9. The maximum absolute atomic E-state index is 14.5. The quantitative estimate of drug-likeness (QED) is 0.431. The van der Waals surface area contributed by atoms with Crippen molar-refractivity contribution >= 4 is 11.8 Å². The summed E-state index contributed by atoms with van der Waals surface area (Å²) in [7, 11) is 0. The molecule has 5 aliphatic carbocycles. The second-order valence-corrected chi connectivity index (χ2v) is 13.9. The van der Waals surface area contributed by atoms with Crippen LogP contribution in [0.2, 0.25) is 0 Å². The van der Waals surface area contributed by atoms with Crippen molar-refractivity contribution in [2.75, 3.05) is 6.61 Å². The molecule has 6 heteroatoms. The molecule has 0 amide bonds. The Morgan fingerprint density at radius 3 is 2.47 bits per heavy atom. The van der Waals surface area contributed by atoms with Crippen molar-refractivity contribution in [2.45, 2.75) is 110 Å². The number of carbonyl (C=O) groups excluding carboxylic acids is 2. The van der Waals surface area contributed by atoms with Gasteiger partial charge in [-0.3, -0.25) is 9.59 Å². The molecule has 2 bridgehead atoms. The fourth-order valence-corrected chi connectivity index (χ4v) is 8.70. The van der Waals surface area contributed by atoms with E-state index >= 15 is 0 Å². The average molecular weight is 499 g/mol. The predicted molar refractivity (Wildman–Crippen MR) is 134 cm³/mol. The number of hydrogen-bond donors (Lipinski definition) is 1. The smallest absolute Gasteiger partial charge is 0.312 e. The normalized spacial score (nSPS) is 45.6. The highest BCUT2D eigenvalue weighted by Crippen LogP contribution is 2.71. The van der Waals surface area contributed by atoms with Crippen LogP contribution in [0, 0.1) is 34.0 Å². The number of carbonyl (C=O) groups is 2. The molecule has 7 atom stereocenters. The molecule has 0 aromatic rings. The molecule has 3 saturated carbocycles. The van der Waals surface area contributed by atoms with Gasteiger partial charge in [-0.1, -0.05) is 45.3 Å². The summed E-state index contributed by atoms with van der Waals surface area (Å²) in [5.41, 5.74) is -1.79. The first-order chi connectivity index (χ1) is 16.8. The standard InChI is InChI=1S/C30H42O6/c1-17-15-29-13-10-20-21(26(20,2)3)19(22(29)31)14-18-16-34-27(4,5)36-24(18)30(29,33)23(17)35-25(32)28(6)11-8-7-9-12-28/h14-15,19-21,23-24,33H,7-13,16H2,1-6H3/t19-,20+,21-,23-,24+,29+,30+/m0/s1. The van der Waals surface area contributed by atoms with Crippen LogP contribution in [-0.4, -0.2) is 47.1 Å². The molecule has 1 heterocycles.